The molecule has 3 heteroatoms. The number of rotatable bonds is 4. The van der Waals surface area contributed by atoms with Crippen LogP contribution in [0.2, 0.25) is 0 Å². The van der Waals surface area contributed by atoms with E-state index >= 15 is 0 Å². The van der Waals surface area contributed by atoms with Gasteiger partial charge in [0.25, 0.3) is 0 Å². The summed E-state index contributed by atoms with van der Waals surface area (Å²) in [6.45, 7) is 1.65. The largest absolute Gasteiger partial charge is 0.452 e. The third-order valence-corrected chi connectivity index (χ3v) is 3.00. The van der Waals surface area contributed by atoms with Crippen molar-refractivity contribution < 1.29 is 14.3 Å². The van der Waals surface area contributed by atoms with E-state index in [1.807, 2.05) is 36.4 Å². The molecule has 0 N–H and O–H groups in total. The predicted molar refractivity (Wildman–Crippen MR) is 89.8 cm³/mol. The SMILES string of the molecule is CC(=O)c1cccc(C#CC(=O)OC/C=C/c2ccccc2)c1. The quantitative estimate of drug-likeness (QED) is 0.493. The Morgan fingerprint density at radius 2 is 1.87 bits per heavy atom. The van der Waals surface area contributed by atoms with Gasteiger partial charge in [-0.1, -0.05) is 54.5 Å². The Morgan fingerprint density at radius 3 is 2.61 bits per heavy atom. The fourth-order valence-electron chi connectivity index (χ4n) is 1.85. The maximum Gasteiger partial charge on any atom is 0.385 e. The summed E-state index contributed by atoms with van der Waals surface area (Å²) < 4.78 is 5.00. The van der Waals surface area contributed by atoms with Crippen LogP contribution in [-0.2, 0) is 9.53 Å². The van der Waals surface area contributed by atoms with Crippen LogP contribution in [0.4, 0.5) is 0 Å². The molecule has 0 spiro atoms. The highest BCUT2D eigenvalue weighted by atomic mass is 16.5. The number of Topliss-reactive ketones (excluding diaryl/α,β-unsaturated/α-hetero) is 1. The van der Waals surface area contributed by atoms with E-state index in [4.69, 9.17) is 4.74 Å². The van der Waals surface area contributed by atoms with E-state index in [9.17, 15) is 9.59 Å². The lowest BCUT2D eigenvalue weighted by molar-refractivity contribution is -0.135. The maximum atomic E-state index is 11.5. The second-order valence-electron chi connectivity index (χ2n) is 4.80. The van der Waals surface area contributed by atoms with E-state index in [1.165, 1.54) is 6.92 Å². The molecule has 23 heavy (non-hydrogen) atoms. The summed E-state index contributed by atoms with van der Waals surface area (Å²) in [4.78, 5) is 22.8. The monoisotopic (exact) mass is 304 g/mol. The minimum atomic E-state index is -0.601. The molecule has 0 atom stereocenters. The van der Waals surface area contributed by atoms with Gasteiger partial charge in [0.15, 0.2) is 5.78 Å². The average molecular weight is 304 g/mol. The Balaban J connectivity index is 1.87. The molecule has 2 rings (SSSR count). The van der Waals surface area contributed by atoms with Crippen molar-refractivity contribution in [2.24, 2.45) is 0 Å². The van der Waals surface area contributed by atoms with Gasteiger partial charge in [-0.3, -0.25) is 4.79 Å². The normalized spacial score (nSPS) is 9.96. The Labute approximate surface area is 135 Å². The number of esters is 1. The maximum absolute atomic E-state index is 11.5. The van der Waals surface area contributed by atoms with Gasteiger partial charge in [0.1, 0.15) is 6.61 Å². The van der Waals surface area contributed by atoms with Crippen molar-refractivity contribution in [1.29, 1.82) is 0 Å². The van der Waals surface area contributed by atoms with Gasteiger partial charge < -0.3 is 4.74 Å². The van der Waals surface area contributed by atoms with E-state index in [0.29, 0.717) is 11.1 Å². The highest BCUT2D eigenvalue weighted by Gasteiger charge is 1.99. The van der Waals surface area contributed by atoms with Gasteiger partial charge in [-0.15, -0.1) is 0 Å². The van der Waals surface area contributed by atoms with Crippen LogP contribution in [0.15, 0.2) is 60.7 Å². The smallest absolute Gasteiger partial charge is 0.385 e. The van der Waals surface area contributed by atoms with Gasteiger partial charge in [-0.2, -0.15) is 0 Å². The van der Waals surface area contributed by atoms with Crippen LogP contribution in [0, 0.1) is 11.8 Å². The van der Waals surface area contributed by atoms with Crippen molar-refractivity contribution in [3.63, 3.8) is 0 Å². The van der Waals surface area contributed by atoms with E-state index in [0.717, 1.165) is 5.56 Å². The van der Waals surface area contributed by atoms with E-state index in [1.54, 1.807) is 30.3 Å². The number of ketones is 1. The van der Waals surface area contributed by atoms with Crippen molar-refractivity contribution in [2.75, 3.05) is 6.61 Å². The lowest BCUT2D eigenvalue weighted by atomic mass is 10.1. The topological polar surface area (TPSA) is 43.4 Å². The Morgan fingerprint density at radius 1 is 1.09 bits per heavy atom. The summed E-state index contributed by atoms with van der Waals surface area (Å²) in [5.74, 6) is 4.46. The first-order valence-electron chi connectivity index (χ1n) is 7.16. The average Bonchev–Trinajstić information content (AvgIpc) is 2.58. The standard InChI is InChI=1S/C20H16O3/c1-16(21)19-11-5-9-18(15-19)12-13-20(22)23-14-6-10-17-7-3-2-4-8-17/h2-11,15H,14H2,1H3/b10-6+. The number of ether oxygens (including phenoxy) is 1. The minimum absolute atomic E-state index is 0.0396. The first kappa shape index (κ1) is 16.3. The predicted octanol–water partition coefficient (Wildman–Crippen LogP) is 3.50. The molecule has 0 aliphatic carbocycles. The molecular formula is C20H16O3. The fourth-order valence-corrected chi connectivity index (χ4v) is 1.85. The molecule has 0 bridgehead atoms. The van der Waals surface area contributed by atoms with Gasteiger partial charge in [0.05, 0.1) is 0 Å². The molecule has 0 aliphatic rings. The molecule has 0 unspecified atom stereocenters. The van der Waals surface area contributed by atoms with Crippen LogP contribution in [-0.4, -0.2) is 18.4 Å². The second kappa shape index (κ2) is 8.35. The Kier molecular flexibility index (Phi) is 5.90. The van der Waals surface area contributed by atoms with Gasteiger partial charge in [-0.05, 0) is 30.7 Å². The molecule has 0 fully saturated rings. The van der Waals surface area contributed by atoms with Gasteiger partial charge >= 0.3 is 5.97 Å². The van der Waals surface area contributed by atoms with Crippen LogP contribution in [0.25, 0.3) is 6.08 Å². The molecule has 0 aliphatic heterocycles. The fraction of sp³-hybridized carbons (Fsp3) is 0.100. The Bertz CT molecular complexity index is 777. The minimum Gasteiger partial charge on any atom is -0.452 e. The molecular weight excluding hydrogens is 288 g/mol. The lowest BCUT2D eigenvalue weighted by Crippen LogP contribution is -2.00. The number of benzene rings is 2. The zero-order valence-corrected chi connectivity index (χ0v) is 12.8. The molecule has 2 aromatic carbocycles. The lowest BCUT2D eigenvalue weighted by Gasteiger charge is -1.96. The van der Waals surface area contributed by atoms with Crippen LogP contribution < -0.4 is 0 Å². The number of hydrogen-bond acceptors (Lipinski definition) is 3. The van der Waals surface area contributed by atoms with E-state index in [-0.39, 0.29) is 12.4 Å². The molecule has 0 amide bonds. The first-order valence-corrected chi connectivity index (χ1v) is 7.16. The van der Waals surface area contributed by atoms with Gasteiger partial charge in [0, 0.05) is 17.0 Å². The third kappa shape index (κ3) is 5.64. The molecule has 114 valence electrons. The zero-order valence-electron chi connectivity index (χ0n) is 12.8. The molecule has 0 radical (unpaired) electrons. The summed E-state index contributed by atoms with van der Waals surface area (Å²) in [6, 6.07) is 16.6. The van der Waals surface area contributed by atoms with E-state index in [2.05, 4.69) is 11.8 Å². The summed E-state index contributed by atoms with van der Waals surface area (Å²) in [7, 11) is 0. The van der Waals surface area contributed by atoms with Crippen molar-refractivity contribution >= 4 is 17.8 Å². The van der Waals surface area contributed by atoms with Crippen molar-refractivity contribution in [2.45, 2.75) is 6.92 Å². The summed E-state index contributed by atoms with van der Waals surface area (Å²) in [6.07, 6.45) is 3.63. The number of hydrogen-bond donors (Lipinski definition) is 0. The number of carbonyl (C=O) groups excluding carboxylic acids is 2. The summed E-state index contributed by atoms with van der Waals surface area (Å²) in [5, 5.41) is 0. The molecule has 0 saturated heterocycles. The van der Waals surface area contributed by atoms with Crippen LogP contribution in [0.1, 0.15) is 28.4 Å². The van der Waals surface area contributed by atoms with E-state index < -0.39 is 5.97 Å². The molecule has 0 aromatic heterocycles. The van der Waals surface area contributed by atoms with Gasteiger partial charge in [0.2, 0.25) is 0 Å². The third-order valence-electron chi connectivity index (χ3n) is 3.00. The summed E-state index contributed by atoms with van der Waals surface area (Å²) in [5.41, 5.74) is 2.21. The van der Waals surface area contributed by atoms with Crippen LogP contribution >= 0.6 is 0 Å². The van der Waals surface area contributed by atoms with Crippen LogP contribution in [0.5, 0.6) is 0 Å². The molecule has 2 aromatic rings. The highest BCUT2D eigenvalue weighted by Crippen LogP contribution is 2.04. The highest BCUT2D eigenvalue weighted by molar-refractivity contribution is 5.94. The molecule has 0 saturated carbocycles. The summed E-state index contributed by atoms with van der Waals surface area (Å²) >= 11 is 0. The number of carbonyl (C=O) groups is 2. The zero-order chi connectivity index (χ0) is 16.5. The first-order chi connectivity index (χ1) is 11.1. The Hall–Kier alpha value is -3.12. The van der Waals surface area contributed by atoms with Crippen molar-refractivity contribution in [3.05, 3.63) is 77.4 Å². The van der Waals surface area contributed by atoms with Crippen molar-refractivity contribution in [1.82, 2.24) is 0 Å². The van der Waals surface area contributed by atoms with Crippen LogP contribution in [0.3, 0.4) is 0 Å². The second-order valence-corrected chi connectivity index (χ2v) is 4.80. The molecule has 0 heterocycles. The van der Waals surface area contributed by atoms with Crippen molar-refractivity contribution in [3.8, 4) is 11.8 Å². The molecule has 3 nitrogen and oxygen atoms in total. The van der Waals surface area contributed by atoms with Gasteiger partial charge in [-0.25, -0.2) is 4.79 Å².